The second kappa shape index (κ2) is 16.8. The van der Waals surface area contributed by atoms with E-state index < -0.39 is 23.6 Å². The Kier molecular flexibility index (Phi) is 11.3. The minimum atomic E-state index is -0.672. The number of nitrogens with zero attached hydrogens (tertiary/aromatic N) is 9. The highest BCUT2D eigenvalue weighted by molar-refractivity contribution is 6.07. The van der Waals surface area contributed by atoms with Crippen molar-refractivity contribution >= 4 is 63.3 Å². The molecule has 0 saturated carbocycles. The summed E-state index contributed by atoms with van der Waals surface area (Å²) in [6, 6.07) is 8.21. The lowest BCUT2D eigenvalue weighted by Gasteiger charge is -2.19. The van der Waals surface area contributed by atoms with E-state index >= 15 is 0 Å². The molecule has 2 aliphatic rings. The summed E-state index contributed by atoms with van der Waals surface area (Å²) in [5, 5.41) is 14.7. The zero-order valence-corrected chi connectivity index (χ0v) is 35.3. The molecule has 8 rings (SSSR count). The number of rotatable bonds is 15. The summed E-state index contributed by atoms with van der Waals surface area (Å²) in [4.78, 5) is 64.6. The highest BCUT2D eigenvalue weighted by atomic mass is 16.5. The number of hydrogen-bond acceptors (Lipinski definition) is 12. The van der Waals surface area contributed by atoms with E-state index in [0.29, 0.717) is 76.4 Å². The van der Waals surface area contributed by atoms with Gasteiger partial charge in [-0.1, -0.05) is 12.2 Å². The first-order valence-electron chi connectivity index (χ1n) is 20.4. The number of ether oxygens (including phenoxy) is 2. The van der Waals surface area contributed by atoms with Crippen LogP contribution in [0.15, 0.2) is 42.5 Å². The van der Waals surface area contributed by atoms with Crippen molar-refractivity contribution in [1.82, 2.24) is 43.6 Å². The largest absolute Gasteiger partial charge is 0.494 e. The summed E-state index contributed by atoms with van der Waals surface area (Å²) in [7, 11) is 1.46. The number of hydrogen-bond donors (Lipinski definition) is 5. The summed E-state index contributed by atoms with van der Waals surface area (Å²) < 4.78 is 18.2. The number of allylic oxidation sites excluding steroid dienone is 2. The molecule has 4 amide bonds. The molecule has 324 valence electrons. The molecule has 2 saturated heterocycles. The third-order valence-corrected chi connectivity index (χ3v) is 11.5. The average molecular weight is 847 g/mol. The molecule has 0 radical (unpaired) electrons. The number of nitrogens with one attached hydrogen (secondary N) is 2. The van der Waals surface area contributed by atoms with Gasteiger partial charge in [0, 0.05) is 68.8 Å². The number of nitrogen functional groups attached to an aromatic ring is 1. The number of carbonyl (C=O) groups is 4. The molecule has 62 heavy (non-hydrogen) atoms. The summed E-state index contributed by atoms with van der Waals surface area (Å²) >= 11 is 0. The molecule has 0 spiro atoms. The molecule has 6 aromatic rings. The predicted octanol–water partition coefficient (Wildman–Crippen LogP) is 3.06. The van der Waals surface area contributed by atoms with Crippen LogP contribution < -0.4 is 32.6 Å². The lowest BCUT2D eigenvalue weighted by molar-refractivity contribution is 0.0991. The Balaban J connectivity index is 1.18. The smallest absolute Gasteiger partial charge is 0.278 e. The van der Waals surface area contributed by atoms with Gasteiger partial charge in [-0.15, -0.1) is 0 Å². The minimum Gasteiger partial charge on any atom is -0.494 e. The maximum absolute atomic E-state index is 13.9. The first-order chi connectivity index (χ1) is 29.8. The molecular weight excluding hydrogens is 797 g/mol. The third kappa shape index (κ3) is 7.73. The first-order valence-corrected chi connectivity index (χ1v) is 20.4. The number of imidazole rings is 2. The van der Waals surface area contributed by atoms with Gasteiger partial charge in [0.2, 0.25) is 23.7 Å². The van der Waals surface area contributed by atoms with E-state index in [2.05, 4.69) is 25.7 Å². The Morgan fingerprint density at radius 2 is 1.39 bits per heavy atom. The van der Waals surface area contributed by atoms with Crippen molar-refractivity contribution in [2.24, 2.45) is 23.3 Å². The molecule has 2 aliphatic heterocycles. The molecule has 2 atom stereocenters. The summed E-state index contributed by atoms with van der Waals surface area (Å²) in [6.45, 7) is 12.2. The molecule has 6 heterocycles. The Labute approximate surface area is 356 Å². The van der Waals surface area contributed by atoms with Gasteiger partial charge in [-0.2, -0.15) is 10.2 Å². The number of carbonyl (C=O) groups excluding carboxylic acids is 4. The number of likely N-dealkylation sites (tertiary alicyclic amines) is 1. The van der Waals surface area contributed by atoms with Crippen LogP contribution >= 0.6 is 0 Å². The van der Waals surface area contributed by atoms with Crippen LogP contribution in [-0.2, 0) is 37.5 Å². The number of anilines is 3. The van der Waals surface area contributed by atoms with E-state index in [-0.39, 0.29) is 41.9 Å². The van der Waals surface area contributed by atoms with Crippen LogP contribution in [0.3, 0.4) is 0 Å². The number of methoxy groups -OCH3 is 1. The van der Waals surface area contributed by atoms with Crippen molar-refractivity contribution in [1.29, 1.82) is 0 Å². The maximum atomic E-state index is 13.9. The van der Waals surface area contributed by atoms with E-state index in [0.717, 1.165) is 37.4 Å². The minimum absolute atomic E-state index is 0.154. The fourth-order valence-electron chi connectivity index (χ4n) is 8.57. The Morgan fingerprint density at radius 1 is 0.806 bits per heavy atom. The predicted molar refractivity (Wildman–Crippen MR) is 231 cm³/mol. The number of aromatic nitrogens is 8. The maximum Gasteiger partial charge on any atom is 0.278 e. The molecule has 8 N–H and O–H groups in total. The summed E-state index contributed by atoms with van der Waals surface area (Å²) in [6.07, 6.45) is 3.77. The Bertz CT molecular complexity index is 2780. The fraction of sp³-hybridized carbons (Fsp3) is 0.381. The van der Waals surface area contributed by atoms with Gasteiger partial charge in [0.15, 0.2) is 0 Å². The van der Waals surface area contributed by atoms with Gasteiger partial charge in [-0.05, 0) is 63.6 Å². The number of primary amides is 2. The topological polar surface area (TPSA) is 263 Å². The van der Waals surface area contributed by atoms with Crippen LogP contribution in [0.4, 0.5) is 17.6 Å². The normalized spacial score (nSPS) is 16.5. The lowest BCUT2D eigenvalue weighted by Crippen LogP contribution is -2.23. The lowest BCUT2D eigenvalue weighted by atomic mass is 10.0. The molecule has 2 fully saturated rings. The Morgan fingerprint density at radius 3 is 1.98 bits per heavy atom. The summed E-state index contributed by atoms with van der Waals surface area (Å²) in [5.41, 5.74) is 23.2. The number of benzene rings is 2. The van der Waals surface area contributed by atoms with Gasteiger partial charge in [-0.3, -0.25) is 44.1 Å². The molecule has 0 bridgehead atoms. The van der Waals surface area contributed by atoms with Crippen molar-refractivity contribution in [3.8, 4) is 5.75 Å². The zero-order valence-electron chi connectivity index (χ0n) is 35.3. The number of nitrogens with two attached hydrogens (primary N) is 3. The van der Waals surface area contributed by atoms with Crippen LogP contribution in [0.2, 0.25) is 0 Å². The van der Waals surface area contributed by atoms with Crippen molar-refractivity contribution in [3.05, 3.63) is 81.9 Å². The van der Waals surface area contributed by atoms with E-state index in [1.165, 1.54) is 23.9 Å². The van der Waals surface area contributed by atoms with E-state index in [1.807, 2.05) is 37.5 Å². The molecular formula is C42H50N14O6. The monoisotopic (exact) mass is 846 g/mol. The van der Waals surface area contributed by atoms with Crippen molar-refractivity contribution < 1.29 is 28.7 Å². The average Bonchev–Trinajstić information content (AvgIpc) is 4.09. The number of aryl methyl sites for hydroxylation is 4. The SMILES string of the molecule is CCn1nc(C)cc1C(=O)Nc1nc2cc(C(N)=O)cc(CN3C[C@H]4COC[C@H]4C3)c2n1C/C=C/Cn1c(NC(=O)c2c(N)c(C)nn2CC)nc2cc(C(N)=O)cc(OC)c21. The molecule has 2 aromatic carbocycles. The number of amides is 4. The zero-order chi connectivity index (χ0) is 44.0. The van der Waals surface area contributed by atoms with Gasteiger partial charge in [0.25, 0.3) is 11.8 Å². The second-order valence-corrected chi connectivity index (χ2v) is 15.7. The third-order valence-electron chi connectivity index (χ3n) is 11.5. The van der Waals surface area contributed by atoms with Crippen LogP contribution in [0.5, 0.6) is 5.75 Å². The highest BCUT2D eigenvalue weighted by Crippen LogP contribution is 2.34. The van der Waals surface area contributed by atoms with Gasteiger partial charge < -0.3 is 35.8 Å². The molecule has 20 nitrogen and oxygen atoms in total. The second-order valence-electron chi connectivity index (χ2n) is 15.7. The molecule has 20 heteroatoms. The first kappa shape index (κ1) is 41.7. The van der Waals surface area contributed by atoms with E-state index in [4.69, 9.17) is 36.6 Å². The number of fused-ring (bicyclic) bond motifs is 3. The molecule has 0 unspecified atom stereocenters. The Hall–Kier alpha value is -7.06. The highest BCUT2D eigenvalue weighted by Gasteiger charge is 2.37. The van der Waals surface area contributed by atoms with Crippen molar-refractivity contribution in [3.63, 3.8) is 0 Å². The van der Waals surface area contributed by atoms with Crippen molar-refractivity contribution in [2.75, 3.05) is 49.8 Å². The fourth-order valence-corrected chi connectivity index (χ4v) is 8.57. The quantitative estimate of drug-likeness (QED) is 0.0935. The van der Waals surface area contributed by atoms with Crippen LogP contribution in [0.1, 0.15) is 72.5 Å². The van der Waals surface area contributed by atoms with Crippen LogP contribution in [-0.4, -0.2) is 101 Å². The molecule has 0 aliphatic carbocycles. The van der Waals surface area contributed by atoms with E-state index in [1.54, 1.807) is 34.4 Å². The van der Waals surface area contributed by atoms with Crippen LogP contribution in [0, 0.1) is 25.7 Å². The van der Waals surface area contributed by atoms with E-state index in [9.17, 15) is 19.2 Å². The van der Waals surface area contributed by atoms with Crippen LogP contribution in [0.25, 0.3) is 22.1 Å². The van der Waals surface area contributed by atoms with Gasteiger partial charge in [0.1, 0.15) is 22.7 Å². The van der Waals surface area contributed by atoms with Gasteiger partial charge in [0.05, 0.1) is 53.9 Å². The van der Waals surface area contributed by atoms with Gasteiger partial charge in [-0.25, -0.2) is 9.97 Å². The molecule has 4 aromatic heterocycles. The van der Waals surface area contributed by atoms with Crippen molar-refractivity contribution in [2.45, 2.75) is 60.4 Å². The summed E-state index contributed by atoms with van der Waals surface area (Å²) in [5.74, 6) is -0.594. The standard InChI is InChI=1S/C42H50N14O6/c1-6-55-31(12-22(3)50-55)39(59)48-41-46-29-14-24(37(44)57)13-26(17-52-18-27-20-62-21-28(27)19-52)34(29)53(41)10-8-9-11-54-35-30(15-25(38(45)58)16-32(35)61-5)47-42(54)49-40(60)36-33(43)23(4)51-56(36)7-2/h8-9,12-16,27-28H,6-7,10-11,17-21,43H2,1-5H3,(H2,44,57)(H2,45,58)(H,46,48,59)(H,47,49,60)/b9-8+/t27-,28+. The van der Waals surface area contributed by atoms with Gasteiger partial charge >= 0.3 is 0 Å².